The van der Waals surface area contributed by atoms with Crippen LogP contribution in [0, 0.1) is 11.6 Å². The first-order chi connectivity index (χ1) is 13.4. The van der Waals surface area contributed by atoms with E-state index in [4.69, 9.17) is 17.3 Å². The molecule has 0 saturated heterocycles. The molecule has 4 N–H and O–H groups in total. The number of nitrogens with zero attached hydrogens (tertiary/aromatic N) is 1. The van der Waals surface area contributed by atoms with Gasteiger partial charge in [-0.3, -0.25) is 14.7 Å². The van der Waals surface area contributed by atoms with Crippen molar-refractivity contribution in [3.8, 4) is 11.3 Å². The Hall–Kier alpha value is -3.26. The fraction of sp³-hybridized carbons (Fsp3) is 0.105. The van der Waals surface area contributed by atoms with E-state index in [-0.39, 0.29) is 29.8 Å². The monoisotopic (exact) mass is 406 g/mol. The van der Waals surface area contributed by atoms with Gasteiger partial charge >= 0.3 is 0 Å². The summed E-state index contributed by atoms with van der Waals surface area (Å²) in [6, 6.07) is 12.3. The number of aromatic nitrogens is 2. The molecule has 28 heavy (non-hydrogen) atoms. The highest BCUT2D eigenvalue weighted by Gasteiger charge is 2.18. The summed E-state index contributed by atoms with van der Waals surface area (Å²) in [7, 11) is 0. The van der Waals surface area contributed by atoms with Crippen molar-refractivity contribution in [2.24, 2.45) is 5.73 Å². The summed E-state index contributed by atoms with van der Waals surface area (Å²) in [4.78, 5) is 22.5. The van der Waals surface area contributed by atoms with Crippen LogP contribution in [-0.2, 0) is 4.79 Å². The average molecular weight is 407 g/mol. The number of halogens is 3. The van der Waals surface area contributed by atoms with Crippen LogP contribution in [-0.4, -0.2) is 28.6 Å². The average Bonchev–Trinajstić information content (AvgIpc) is 3.14. The van der Waals surface area contributed by atoms with Gasteiger partial charge in [-0.15, -0.1) is 0 Å². The molecule has 2 amide bonds. The maximum atomic E-state index is 13.7. The number of carbonyl (C=O) groups excluding carboxylic acids is 2. The Balaban J connectivity index is 0.000000336. The summed E-state index contributed by atoms with van der Waals surface area (Å²) in [6.07, 6.45) is 1.17. The lowest BCUT2D eigenvalue weighted by Gasteiger charge is -2.06. The number of benzene rings is 2. The molecule has 0 spiro atoms. The molecule has 0 atom stereocenters. The Bertz CT molecular complexity index is 948. The molecule has 0 saturated carbocycles. The lowest BCUT2D eigenvalue weighted by Crippen LogP contribution is -2.28. The smallest absolute Gasteiger partial charge is 0.255 e. The molecule has 6 nitrogen and oxygen atoms in total. The number of nitrogens with two attached hydrogens (primary N) is 1. The summed E-state index contributed by atoms with van der Waals surface area (Å²) in [5, 5.41) is 9.37. The minimum Gasteiger partial charge on any atom is -0.370 e. The maximum absolute atomic E-state index is 13.7. The molecule has 3 aromatic rings. The molecule has 0 aliphatic carbocycles. The molecule has 1 aromatic heterocycles. The zero-order valence-corrected chi connectivity index (χ0v) is 15.3. The Kier molecular flexibility index (Phi) is 7.65. The van der Waals surface area contributed by atoms with Crippen LogP contribution in [0.25, 0.3) is 11.3 Å². The second kappa shape index (κ2) is 10.2. The molecule has 0 aliphatic heterocycles. The van der Waals surface area contributed by atoms with E-state index in [1.807, 2.05) is 30.3 Å². The summed E-state index contributed by atoms with van der Waals surface area (Å²) < 4.78 is 26.9. The zero-order chi connectivity index (χ0) is 20.5. The second-order valence-electron chi connectivity index (χ2n) is 5.55. The van der Waals surface area contributed by atoms with E-state index in [0.717, 1.165) is 23.2 Å². The van der Waals surface area contributed by atoms with Gasteiger partial charge in [-0.25, -0.2) is 8.78 Å². The van der Waals surface area contributed by atoms with E-state index < -0.39 is 23.4 Å². The molecule has 146 valence electrons. The minimum atomic E-state index is -0.688. The Morgan fingerprint density at radius 2 is 1.86 bits per heavy atom. The third kappa shape index (κ3) is 6.17. The van der Waals surface area contributed by atoms with Crippen LogP contribution in [0.4, 0.5) is 8.78 Å². The van der Waals surface area contributed by atoms with E-state index in [2.05, 4.69) is 15.5 Å². The standard InChI is InChI=1S/C13H12F2N4O2.C6H5Cl/c14-7-1-2-10(15)8(5-7)12-9(6-18-19-12)13(21)17-4-3-11(16)20;7-6-4-2-1-3-5-6/h1-2,5-6H,3-4H2,(H2,16,20)(H,17,21)(H,18,19);1-5H. The van der Waals surface area contributed by atoms with Gasteiger partial charge in [0.25, 0.3) is 5.91 Å². The Labute approximate surface area is 164 Å². The number of amides is 2. The number of carbonyl (C=O) groups is 2. The SMILES string of the molecule is Clc1ccccc1.NC(=O)CCNC(=O)c1cn[nH]c1-c1cc(F)ccc1F. The van der Waals surface area contributed by atoms with Crippen LogP contribution in [0.3, 0.4) is 0 Å². The summed E-state index contributed by atoms with van der Waals surface area (Å²) in [5.74, 6) is -2.45. The van der Waals surface area contributed by atoms with Gasteiger partial charge in [0.1, 0.15) is 11.6 Å². The van der Waals surface area contributed by atoms with Crippen molar-refractivity contribution in [3.63, 3.8) is 0 Å². The molecule has 0 unspecified atom stereocenters. The first-order valence-corrected chi connectivity index (χ1v) is 8.52. The summed E-state index contributed by atoms with van der Waals surface area (Å²) >= 11 is 5.54. The van der Waals surface area contributed by atoms with Gasteiger partial charge in [0.2, 0.25) is 5.91 Å². The lowest BCUT2D eigenvalue weighted by molar-refractivity contribution is -0.117. The highest BCUT2D eigenvalue weighted by Crippen LogP contribution is 2.25. The minimum absolute atomic E-state index is 0.0206. The molecular formula is C19H17ClF2N4O2. The number of primary amides is 1. The number of hydrogen-bond donors (Lipinski definition) is 3. The molecule has 1 heterocycles. The van der Waals surface area contributed by atoms with E-state index in [1.165, 1.54) is 6.20 Å². The van der Waals surface area contributed by atoms with Crippen molar-refractivity contribution in [3.05, 3.63) is 76.9 Å². The van der Waals surface area contributed by atoms with Crippen molar-refractivity contribution >= 4 is 23.4 Å². The van der Waals surface area contributed by atoms with Gasteiger partial charge in [-0.05, 0) is 30.3 Å². The predicted octanol–water partition coefficient (Wildman–Crippen LogP) is 3.30. The molecule has 0 fully saturated rings. The first-order valence-electron chi connectivity index (χ1n) is 8.14. The van der Waals surface area contributed by atoms with Crippen molar-refractivity contribution in [2.45, 2.75) is 6.42 Å². The van der Waals surface area contributed by atoms with Crippen molar-refractivity contribution in [1.29, 1.82) is 0 Å². The molecule has 0 aliphatic rings. The molecule has 0 radical (unpaired) electrons. The molecule has 2 aromatic carbocycles. The highest BCUT2D eigenvalue weighted by molar-refractivity contribution is 6.30. The molecule has 9 heteroatoms. The highest BCUT2D eigenvalue weighted by atomic mass is 35.5. The van der Waals surface area contributed by atoms with E-state index in [0.29, 0.717) is 0 Å². The van der Waals surface area contributed by atoms with Gasteiger partial charge in [0, 0.05) is 23.6 Å². The topological polar surface area (TPSA) is 101 Å². The number of nitrogens with one attached hydrogen (secondary N) is 2. The lowest BCUT2D eigenvalue weighted by atomic mass is 10.1. The number of aromatic amines is 1. The first kappa shape index (κ1) is 21.0. The fourth-order valence-electron chi connectivity index (χ4n) is 2.16. The van der Waals surface area contributed by atoms with Crippen LogP contribution < -0.4 is 11.1 Å². The molecule has 3 rings (SSSR count). The van der Waals surface area contributed by atoms with E-state index in [9.17, 15) is 18.4 Å². The zero-order valence-electron chi connectivity index (χ0n) is 14.6. The second-order valence-corrected chi connectivity index (χ2v) is 5.99. The van der Waals surface area contributed by atoms with Crippen molar-refractivity contribution in [1.82, 2.24) is 15.5 Å². The van der Waals surface area contributed by atoms with Gasteiger partial charge in [0.15, 0.2) is 0 Å². The number of hydrogen-bond acceptors (Lipinski definition) is 3. The third-order valence-electron chi connectivity index (χ3n) is 3.47. The van der Waals surface area contributed by atoms with Crippen LogP contribution in [0.5, 0.6) is 0 Å². The van der Waals surface area contributed by atoms with Crippen LogP contribution >= 0.6 is 11.6 Å². The van der Waals surface area contributed by atoms with Crippen molar-refractivity contribution < 1.29 is 18.4 Å². The van der Waals surface area contributed by atoms with E-state index >= 15 is 0 Å². The van der Waals surface area contributed by atoms with Crippen molar-refractivity contribution in [2.75, 3.05) is 6.54 Å². The van der Waals surface area contributed by atoms with Gasteiger partial charge in [0.05, 0.1) is 17.5 Å². The summed E-state index contributed by atoms with van der Waals surface area (Å²) in [5.41, 5.74) is 4.95. The van der Waals surface area contributed by atoms with Crippen LogP contribution in [0.2, 0.25) is 5.02 Å². The largest absolute Gasteiger partial charge is 0.370 e. The third-order valence-corrected chi connectivity index (χ3v) is 3.72. The Morgan fingerprint density at radius 3 is 2.46 bits per heavy atom. The van der Waals surface area contributed by atoms with Gasteiger partial charge < -0.3 is 11.1 Å². The van der Waals surface area contributed by atoms with Crippen LogP contribution in [0.15, 0.2) is 54.7 Å². The van der Waals surface area contributed by atoms with Gasteiger partial charge in [-0.2, -0.15) is 5.10 Å². The maximum Gasteiger partial charge on any atom is 0.255 e. The fourth-order valence-corrected chi connectivity index (χ4v) is 2.31. The predicted molar refractivity (Wildman–Crippen MR) is 102 cm³/mol. The molecular weight excluding hydrogens is 390 g/mol. The Morgan fingerprint density at radius 1 is 1.14 bits per heavy atom. The van der Waals surface area contributed by atoms with Gasteiger partial charge in [-0.1, -0.05) is 29.8 Å². The summed E-state index contributed by atoms with van der Waals surface area (Å²) in [6.45, 7) is 0.0461. The number of H-pyrrole nitrogens is 1. The van der Waals surface area contributed by atoms with Crippen LogP contribution in [0.1, 0.15) is 16.8 Å². The van der Waals surface area contributed by atoms with E-state index in [1.54, 1.807) is 0 Å². The molecule has 0 bridgehead atoms. The quantitative estimate of drug-likeness (QED) is 0.606. The number of rotatable bonds is 5. The normalized spacial score (nSPS) is 9.96.